The molecule has 3 heterocycles. The van der Waals surface area contributed by atoms with Gasteiger partial charge in [-0.15, -0.1) is 11.3 Å². The molecule has 26 heavy (non-hydrogen) atoms. The van der Waals surface area contributed by atoms with Gasteiger partial charge in [-0.1, -0.05) is 12.1 Å². The molecule has 0 radical (unpaired) electrons. The van der Waals surface area contributed by atoms with Gasteiger partial charge in [0, 0.05) is 30.6 Å². The van der Waals surface area contributed by atoms with Gasteiger partial charge in [-0.2, -0.15) is 4.98 Å². The minimum atomic E-state index is -0.251. The number of aliphatic hydroxyl groups is 1. The van der Waals surface area contributed by atoms with Crippen LogP contribution in [0.3, 0.4) is 0 Å². The number of nitrogens with zero attached hydrogens (tertiary/aromatic N) is 3. The van der Waals surface area contributed by atoms with Crippen LogP contribution in [-0.4, -0.2) is 34.8 Å². The summed E-state index contributed by atoms with van der Waals surface area (Å²) in [6.07, 6.45) is 2.91. The monoisotopic (exact) mass is 391 g/mol. The SMILES string of the molecule is OCCC1CCN(c2nc(Cl)nc3scc(-c4ccc(F)cc4)c23)CC1. The van der Waals surface area contributed by atoms with Crippen LogP contribution >= 0.6 is 22.9 Å². The highest BCUT2D eigenvalue weighted by Crippen LogP contribution is 2.40. The van der Waals surface area contributed by atoms with Gasteiger partial charge in [-0.25, -0.2) is 9.37 Å². The Bertz CT molecular complexity index is 907. The third-order valence-corrected chi connectivity index (χ3v) is 6.04. The summed E-state index contributed by atoms with van der Waals surface area (Å²) in [5.41, 5.74) is 1.95. The molecule has 0 amide bonds. The van der Waals surface area contributed by atoms with Crippen LogP contribution in [0, 0.1) is 11.7 Å². The van der Waals surface area contributed by atoms with Crippen LogP contribution in [-0.2, 0) is 0 Å². The molecule has 1 aliphatic heterocycles. The Balaban J connectivity index is 1.74. The normalized spacial score (nSPS) is 15.7. The van der Waals surface area contributed by atoms with Crippen molar-refractivity contribution >= 4 is 39.0 Å². The van der Waals surface area contributed by atoms with E-state index >= 15 is 0 Å². The van der Waals surface area contributed by atoms with E-state index in [0.717, 1.165) is 59.5 Å². The number of anilines is 1. The molecule has 1 aromatic carbocycles. The number of piperidine rings is 1. The molecule has 1 aliphatic rings. The molecule has 3 aromatic rings. The number of benzene rings is 1. The Hall–Kier alpha value is -1.76. The first-order chi connectivity index (χ1) is 12.7. The number of hydrogen-bond donors (Lipinski definition) is 1. The van der Waals surface area contributed by atoms with Gasteiger partial charge in [0.15, 0.2) is 0 Å². The fraction of sp³-hybridized carbons (Fsp3) is 0.368. The zero-order valence-electron chi connectivity index (χ0n) is 14.2. The van der Waals surface area contributed by atoms with E-state index in [1.54, 1.807) is 12.1 Å². The van der Waals surface area contributed by atoms with Gasteiger partial charge in [-0.3, -0.25) is 0 Å². The third-order valence-electron chi connectivity index (χ3n) is 4.99. The van der Waals surface area contributed by atoms with E-state index < -0.39 is 0 Å². The van der Waals surface area contributed by atoms with Crippen molar-refractivity contribution in [2.75, 3.05) is 24.6 Å². The van der Waals surface area contributed by atoms with Crippen LogP contribution in [0.25, 0.3) is 21.3 Å². The van der Waals surface area contributed by atoms with E-state index in [1.165, 1.54) is 23.5 Å². The quantitative estimate of drug-likeness (QED) is 0.652. The molecule has 136 valence electrons. The largest absolute Gasteiger partial charge is 0.396 e. The lowest BCUT2D eigenvalue weighted by molar-refractivity contribution is 0.240. The lowest BCUT2D eigenvalue weighted by atomic mass is 9.93. The first-order valence-corrected chi connectivity index (χ1v) is 9.98. The first-order valence-electron chi connectivity index (χ1n) is 8.72. The lowest BCUT2D eigenvalue weighted by Gasteiger charge is -2.33. The van der Waals surface area contributed by atoms with Crippen molar-refractivity contribution in [2.24, 2.45) is 5.92 Å². The highest BCUT2D eigenvalue weighted by molar-refractivity contribution is 7.17. The minimum Gasteiger partial charge on any atom is -0.396 e. The summed E-state index contributed by atoms with van der Waals surface area (Å²) in [5, 5.41) is 12.4. The highest BCUT2D eigenvalue weighted by atomic mass is 35.5. The molecule has 0 bridgehead atoms. The van der Waals surface area contributed by atoms with Gasteiger partial charge in [0.25, 0.3) is 0 Å². The maximum absolute atomic E-state index is 13.3. The third kappa shape index (κ3) is 3.41. The van der Waals surface area contributed by atoms with Crippen molar-refractivity contribution in [2.45, 2.75) is 19.3 Å². The van der Waals surface area contributed by atoms with Gasteiger partial charge in [0.05, 0.1) is 5.39 Å². The predicted octanol–water partition coefficient (Wildman–Crippen LogP) is 4.75. The van der Waals surface area contributed by atoms with Crippen LogP contribution < -0.4 is 4.90 Å². The molecule has 7 heteroatoms. The molecule has 4 rings (SSSR count). The van der Waals surface area contributed by atoms with E-state index in [4.69, 9.17) is 16.7 Å². The van der Waals surface area contributed by atoms with E-state index in [9.17, 15) is 4.39 Å². The summed E-state index contributed by atoms with van der Waals surface area (Å²) < 4.78 is 13.3. The number of aromatic nitrogens is 2. The van der Waals surface area contributed by atoms with Crippen molar-refractivity contribution in [3.05, 3.63) is 40.7 Å². The van der Waals surface area contributed by atoms with Crippen LogP contribution in [0.4, 0.5) is 10.2 Å². The molecule has 0 saturated carbocycles. The summed E-state index contributed by atoms with van der Waals surface area (Å²) >= 11 is 7.70. The van der Waals surface area contributed by atoms with E-state index in [-0.39, 0.29) is 17.7 Å². The summed E-state index contributed by atoms with van der Waals surface area (Å²) in [5.74, 6) is 1.16. The Labute approximate surface area is 160 Å². The molecule has 1 saturated heterocycles. The van der Waals surface area contributed by atoms with Crippen molar-refractivity contribution in [3.63, 3.8) is 0 Å². The molecule has 0 spiro atoms. The average molecular weight is 392 g/mol. The standard InChI is InChI=1S/C19H19ClFN3OS/c20-19-22-17(24-8-5-12(6-9-24)7-10-25)16-15(11-26-18(16)23-19)13-1-3-14(21)4-2-13/h1-4,11-12,25H,5-10H2. The predicted molar refractivity (Wildman–Crippen MR) is 104 cm³/mol. The summed E-state index contributed by atoms with van der Waals surface area (Å²) in [6, 6.07) is 6.50. The highest BCUT2D eigenvalue weighted by Gasteiger charge is 2.24. The zero-order valence-corrected chi connectivity index (χ0v) is 15.7. The molecule has 0 aliphatic carbocycles. The zero-order chi connectivity index (χ0) is 18.1. The maximum atomic E-state index is 13.3. The number of hydrogen-bond acceptors (Lipinski definition) is 5. The van der Waals surface area contributed by atoms with E-state index in [1.807, 2.05) is 5.38 Å². The second kappa shape index (κ2) is 7.47. The molecular weight excluding hydrogens is 373 g/mol. The molecule has 1 N–H and O–H groups in total. The molecular formula is C19H19ClFN3OS. The van der Waals surface area contributed by atoms with E-state index in [2.05, 4.69) is 14.9 Å². The average Bonchev–Trinajstić information content (AvgIpc) is 3.06. The minimum absolute atomic E-state index is 0.244. The van der Waals surface area contributed by atoms with Crippen molar-refractivity contribution in [3.8, 4) is 11.1 Å². The van der Waals surface area contributed by atoms with Crippen LogP contribution in [0.5, 0.6) is 0 Å². The summed E-state index contributed by atoms with van der Waals surface area (Å²) in [4.78, 5) is 12.0. The van der Waals surface area contributed by atoms with Crippen LogP contribution in [0.15, 0.2) is 29.6 Å². The second-order valence-electron chi connectivity index (χ2n) is 6.60. The van der Waals surface area contributed by atoms with Crippen LogP contribution in [0.1, 0.15) is 19.3 Å². The molecule has 4 nitrogen and oxygen atoms in total. The number of halogens is 2. The molecule has 2 aromatic heterocycles. The van der Waals surface area contributed by atoms with Gasteiger partial charge in [0.1, 0.15) is 16.5 Å². The van der Waals surface area contributed by atoms with Gasteiger partial charge < -0.3 is 10.0 Å². The second-order valence-corrected chi connectivity index (χ2v) is 7.79. The summed E-state index contributed by atoms with van der Waals surface area (Å²) in [7, 11) is 0. The lowest BCUT2D eigenvalue weighted by Crippen LogP contribution is -2.34. The number of fused-ring (bicyclic) bond motifs is 1. The molecule has 1 fully saturated rings. The number of rotatable bonds is 4. The van der Waals surface area contributed by atoms with E-state index in [0.29, 0.717) is 5.92 Å². The first kappa shape index (κ1) is 17.6. The topological polar surface area (TPSA) is 49.2 Å². The Morgan fingerprint density at radius 2 is 1.92 bits per heavy atom. The molecule has 0 atom stereocenters. The van der Waals surface area contributed by atoms with Gasteiger partial charge >= 0.3 is 0 Å². The Morgan fingerprint density at radius 1 is 1.19 bits per heavy atom. The fourth-order valence-corrected chi connectivity index (χ4v) is 4.74. The van der Waals surface area contributed by atoms with Crippen molar-refractivity contribution < 1.29 is 9.50 Å². The van der Waals surface area contributed by atoms with Crippen molar-refractivity contribution in [1.29, 1.82) is 0 Å². The van der Waals surface area contributed by atoms with Crippen molar-refractivity contribution in [1.82, 2.24) is 9.97 Å². The Kier molecular flexibility index (Phi) is 5.07. The molecule has 0 unspecified atom stereocenters. The Morgan fingerprint density at radius 3 is 2.62 bits per heavy atom. The fourth-order valence-electron chi connectivity index (χ4n) is 3.58. The van der Waals surface area contributed by atoms with Gasteiger partial charge in [0.2, 0.25) is 5.28 Å². The number of aliphatic hydroxyl groups excluding tert-OH is 1. The maximum Gasteiger partial charge on any atom is 0.225 e. The van der Waals surface area contributed by atoms with Crippen LogP contribution in [0.2, 0.25) is 5.28 Å². The smallest absolute Gasteiger partial charge is 0.225 e. The number of thiophene rings is 1. The van der Waals surface area contributed by atoms with Gasteiger partial charge in [-0.05, 0) is 54.5 Å². The summed E-state index contributed by atoms with van der Waals surface area (Å²) in [6.45, 7) is 2.01.